The van der Waals surface area contributed by atoms with Crippen LogP contribution in [0.3, 0.4) is 0 Å². The lowest BCUT2D eigenvalue weighted by atomic mass is 10.2. The molecule has 6 nitrogen and oxygen atoms in total. The van der Waals surface area contributed by atoms with E-state index in [-0.39, 0.29) is 23.9 Å². The van der Waals surface area contributed by atoms with Crippen molar-refractivity contribution < 1.29 is 22.4 Å². The number of likely N-dealkylation sites (tertiary alicyclic amines) is 1. The van der Waals surface area contributed by atoms with Crippen molar-refractivity contribution in [2.45, 2.75) is 10.1 Å². The first kappa shape index (κ1) is 16.3. The van der Waals surface area contributed by atoms with Crippen molar-refractivity contribution in [3.05, 3.63) is 54.5 Å². The van der Waals surface area contributed by atoms with Gasteiger partial charge in [-0.05, 0) is 42.5 Å². The Morgan fingerprint density at radius 3 is 2.54 bits per heavy atom. The van der Waals surface area contributed by atoms with Crippen LogP contribution in [0.2, 0.25) is 0 Å². The summed E-state index contributed by atoms with van der Waals surface area (Å²) < 4.78 is 35.2. The highest BCUT2D eigenvalue weighted by molar-refractivity contribution is 7.92. The SMILES string of the molecule is COc1ccc(S(=O)(=O)C2CN(C(=O)/C=C/c3ccco3)C2)cc1. The Balaban J connectivity index is 1.61. The molecule has 0 radical (unpaired) electrons. The van der Waals surface area contributed by atoms with Gasteiger partial charge in [-0.25, -0.2) is 8.42 Å². The molecule has 2 heterocycles. The van der Waals surface area contributed by atoms with Crippen molar-refractivity contribution in [1.82, 2.24) is 4.90 Å². The fourth-order valence-electron chi connectivity index (χ4n) is 2.42. The van der Waals surface area contributed by atoms with Crippen LogP contribution in [-0.2, 0) is 14.6 Å². The van der Waals surface area contributed by atoms with Crippen LogP contribution in [0.4, 0.5) is 0 Å². The van der Waals surface area contributed by atoms with E-state index in [0.29, 0.717) is 11.5 Å². The Labute approximate surface area is 140 Å². The van der Waals surface area contributed by atoms with E-state index >= 15 is 0 Å². The molecule has 2 aromatic rings. The molecule has 1 aromatic carbocycles. The van der Waals surface area contributed by atoms with Gasteiger partial charge in [0.1, 0.15) is 16.8 Å². The van der Waals surface area contributed by atoms with Gasteiger partial charge in [-0.3, -0.25) is 4.79 Å². The van der Waals surface area contributed by atoms with E-state index in [4.69, 9.17) is 9.15 Å². The summed E-state index contributed by atoms with van der Waals surface area (Å²) in [7, 11) is -1.92. The first-order chi connectivity index (χ1) is 11.5. The van der Waals surface area contributed by atoms with Gasteiger partial charge in [-0.2, -0.15) is 0 Å². The predicted octanol–water partition coefficient (Wildman–Crippen LogP) is 1.99. The molecule has 1 saturated heterocycles. The van der Waals surface area contributed by atoms with Gasteiger partial charge in [0, 0.05) is 19.2 Å². The second kappa shape index (κ2) is 6.52. The average Bonchev–Trinajstić information content (AvgIpc) is 3.04. The minimum atomic E-state index is -3.44. The number of ether oxygens (including phenoxy) is 1. The molecule has 0 spiro atoms. The molecule has 0 unspecified atom stereocenters. The topological polar surface area (TPSA) is 76.8 Å². The Bertz CT molecular complexity index is 832. The number of furan rings is 1. The van der Waals surface area contributed by atoms with Crippen molar-refractivity contribution in [3.8, 4) is 5.75 Å². The molecule has 0 atom stereocenters. The fraction of sp³-hybridized carbons (Fsp3) is 0.235. The van der Waals surface area contributed by atoms with Crippen molar-refractivity contribution >= 4 is 21.8 Å². The molecule has 1 aliphatic heterocycles. The lowest BCUT2D eigenvalue weighted by Crippen LogP contribution is -2.56. The second-order valence-corrected chi connectivity index (χ2v) is 7.66. The number of benzene rings is 1. The van der Waals surface area contributed by atoms with Crippen LogP contribution >= 0.6 is 0 Å². The largest absolute Gasteiger partial charge is 0.497 e. The second-order valence-electron chi connectivity index (χ2n) is 5.43. The van der Waals surface area contributed by atoms with Crippen LogP contribution in [0.15, 0.2) is 58.1 Å². The van der Waals surface area contributed by atoms with Crippen LogP contribution in [0.25, 0.3) is 6.08 Å². The first-order valence-corrected chi connectivity index (χ1v) is 8.94. The highest BCUT2D eigenvalue weighted by Gasteiger charge is 2.39. The number of rotatable bonds is 5. The number of nitrogens with zero attached hydrogens (tertiary/aromatic N) is 1. The summed E-state index contributed by atoms with van der Waals surface area (Å²) in [4.78, 5) is 13.7. The molecule has 3 rings (SSSR count). The normalized spacial score (nSPS) is 15.5. The third kappa shape index (κ3) is 3.21. The quantitative estimate of drug-likeness (QED) is 0.773. The Morgan fingerprint density at radius 2 is 1.96 bits per heavy atom. The molecule has 126 valence electrons. The summed E-state index contributed by atoms with van der Waals surface area (Å²) in [6.07, 6.45) is 4.47. The number of hydrogen-bond acceptors (Lipinski definition) is 5. The van der Waals surface area contributed by atoms with Crippen LogP contribution in [0.5, 0.6) is 5.75 Å². The molecule has 1 aliphatic rings. The Kier molecular flexibility index (Phi) is 4.44. The maximum atomic E-state index is 12.5. The summed E-state index contributed by atoms with van der Waals surface area (Å²) in [5, 5.41) is -0.577. The maximum absolute atomic E-state index is 12.5. The van der Waals surface area contributed by atoms with Gasteiger partial charge < -0.3 is 14.1 Å². The summed E-state index contributed by atoms with van der Waals surface area (Å²) in [6, 6.07) is 9.73. The summed E-state index contributed by atoms with van der Waals surface area (Å²) in [5.41, 5.74) is 0. The molecule has 24 heavy (non-hydrogen) atoms. The van der Waals surface area contributed by atoms with Gasteiger partial charge in [0.2, 0.25) is 5.91 Å². The Morgan fingerprint density at radius 1 is 1.25 bits per heavy atom. The summed E-state index contributed by atoms with van der Waals surface area (Å²) in [6.45, 7) is 0.380. The van der Waals surface area contributed by atoms with Gasteiger partial charge in [-0.1, -0.05) is 0 Å². The van der Waals surface area contributed by atoms with Crippen molar-refractivity contribution in [2.75, 3.05) is 20.2 Å². The highest BCUT2D eigenvalue weighted by Crippen LogP contribution is 2.25. The zero-order valence-corrected chi connectivity index (χ0v) is 13.9. The van der Waals surface area contributed by atoms with E-state index < -0.39 is 15.1 Å². The predicted molar refractivity (Wildman–Crippen MR) is 88.3 cm³/mol. The van der Waals surface area contributed by atoms with Gasteiger partial charge in [0.25, 0.3) is 0 Å². The maximum Gasteiger partial charge on any atom is 0.246 e. The molecule has 1 amide bonds. The van der Waals surface area contributed by atoms with Crippen LogP contribution in [0, 0.1) is 0 Å². The number of hydrogen-bond donors (Lipinski definition) is 0. The lowest BCUT2D eigenvalue weighted by molar-refractivity contribution is -0.128. The smallest absolute Gasteiger partial charge is 0.246 e. The lowest BCUT2D eigenvalue weighted by Gasteiger charge is -2.38. The average molecular weight is 347 g/mol. The van der Waals surface area contributed by atoms with Gasteiger partial charge >= 0.3 is 0 Å². The van der Waals surface area contributed by atoms with Gasteiger partial charge in [0.05, 0.1) is 18.3 Å². The zero-order valence-electron chi connectivity index (χ0n) is 13.1. The van der Waals surface area contributed by atoms with E-state index in [0.717, 1.165) is 0 Å². The van der Waals surface area contributed by atoms with E-state index in [9.17, 15) is 13.2 Å². The molecular formula is C17H17NO5S. The minimum Gasteiger partial charge on any atom is -0.497 e. The van der Waals surface area contributed by atoms with Crippen molar-refractivity contribution in [1.29, 1.82) is 0 Å². The molecule has 7 heteroatoms. The summed E-state index contributed by atoms with van der Waals surface area (Å²) in [5.74, 6) is 0.946. The van der Waals surface area contributed by atoms with Crippen LogP contribution < -0.4 is 4.74 Å². The number of carbonyl (C=O) groups is 1. The van der Waals surface area contributed by atoms with E-state index in [1.54, 1.807) is 30.3 Å². The molecule has 0 aliphatic carbocycles. The highest BCUT2D eigenvalue weighted by atomic mass is 32.2. The van der Waals surface area contributed by atoms with Crippen molar-refractivity contribution in [2.24, 2.45) is 0 Å². The number of sulfone groups is 1. The van der Waals surface area contributed by atoms with Crippen LogP contribution in [0.1, 0.15) is 5.76 Å². The first-order valence-electron chi connectivity index (χ1n) is 7.39. The van der Waals surface area contributed by atoms with Gasteiger partial charge in [-0.15, -0.1) is 0 Å². The number of amides is 1. The standard InChI is InChI=1S/C17H17NO5S/c1-22-13-4-7-15(8-5-13)24(20,21)16-11-18(12-16)17(19)9-6-14-3-2-10-23-14/h2-10,16H,11-12H2,1H3/b9-6+. The van der Waals surface area contributed by atoms with Crippen LogP contribution in [-0.4, -0.2) is 44.7 Å². The Hall–Kier alpha value is -2.54. The van der Waals surface area contributed by atoms with Gasteiger partial charge in [0.15, 0.2) is 9.84 Å². The molecule has 0 N–H and O–H groups in total. The third-order valence-corrected chi connectivity index (χ3v) is 6.02. The van der Waals surface area contributed by atoms with E-state index in [1.807, 2.05) is 0 Å². The number of methoxy groups -OCH3 is 1. The van der Waals surface area contributed by atoms with E-state index in [1.165, 1.54) is 36.5 Å². The molecule has 0 saturated carbocycles. The van der Waals surface area contributed by atoms with E-state index in [2.05, 4.69) is 0 Å². The zero-order chi connectivity index (χ0) is 17.2. The minimum absolute atomic E-state index is 0.190. The number of carbonyl (C=O) groups excluding carboxylic acids is 1. The monoisotopic (exact) mass is 347 g/mol. The summed E-state index contributed by atoms with van der Waals surface area (Å²) >= 11 is 0. The molecule has 1 aromatic heterocycles. The molecular weight excluding hydrogens is 330 g/mol. The fourth-order valence-corrected chi connectivity index (χ4v) is 4.07. The molecule has 1 fully saturated rings. The molecule has 0 bridgehead atoms. The van der Waals surface area contributed by atoms with Crippen molar-refractivity contribution in [3.63, 3.8) is 0 Å². The third-order valence-electron chi connectivity index (χ3n) is 3.92.